The van der Waals surface area contributed by atoms with Crippen LogP contribution in [0.5, 0.6) is 0 Å². The highest BCUT2D eigenvalue weighted by molar-refractivity contribution is 5.78. The smallest absolute Gasteiger partial charge is 0.317 e. The first-order valence-corrected chi connectivity index (χ1v) is 58.6. The number of piperidine rings is 1. The Morgan fingerprint density at radius 1 is 0.338 bits per heavy atom. The van der Waals surface area contributed by atoms with E-state index in [-0.39, 0.29) is 55.4 Å². The lowest BCUT2D eigenvalue weighted by Gasteiger charge is -2.32. The fourth-order valence-electron chi connectivity index (χ4n) is 17.2. The van der Waals surface area contributed by atoms with Crippen LogP contribution in [0.15, 0.2) is 0 Å². The van der Waals surface area contributed by atoms with Crippen molar-refractivity contribution in [2.45, 2.75) is 360 Å². The van der Waals surface area contributed by atoms with Gasteiger partial charge in [0, 0.05) is 255 Å². The van der Waals surface area contributed by atoms with Crippen LogP contribution in [-0.2, 0) is 71.1 Å². The van der Waals surface area contributed by atoms with E-state index in [1.54, 1.807) is 9.80 Å². The molecule has 12 rings (SSSR count). The van der Waals surface area contributed by atoms with E-state index in [9.17, 15) is 27.9 Å². The van der Waals surface area contributed by atoms with Crippen LogP contribution in [-0.4, -0.2) is 541 Å². The molecule has 0 aromatic carbocycles. The number of aliphatic hydroxyl groups excluding tert-OH is 1. The summed E-state index contributed by atoms with van der Waals surface area (Å²) in [5, 5.41) is 15.3. The number of piperazine rings is 3. The van der Waals surface area contributed by atoms with Crippen molar-refractivity contribution >= 4 is 11.9 Å². The lowest BCUT2D eigenvalue weighted by molar-refractivity contribution is -0.128. The number of morpholine rings is 1. The summed E-state index contributed by atoms with van der Waals surface area (Å²) < 4.78 is 114. The molecular weight excluding hydrogens is 1900 g/mol. The molecule has 3 amide bonds. The molecule has 12 fully saturated rings. The van der Waals surface area contributed by atoms with Crippen molar-refractivity contribution in [3.63, 3.8) is 0 Å². The first-order valence-electron chi connectivity index (χ1n) is 58.6. The molecule has 3 N–H and O–H groups in total. The van der Waals surface area contributed by atoms with Gasteiger partial charge < -0.3 is 121 Å². The minimum Gasteiger partial charge on any atom is -0.392 e. The van der Waals surface area contributed by atoms with Crippen LogP contribution in [0.4, 0.5) is 18.0 Å². The third-order valence-corrected chi connectivity index (χ3v) is 26.1. The van der Waals surface area contributed by atoms with Gasteiger partial charge in [0.15, 0.2) is 0 Å². The Hall–Kier alpha value is -2.55. The van der Waals surface area contributed by atoms with E-state index in [0.29, 0.717) is 107 Å². The molecule has 3 unspecified atom stereocenters. The van der Waals surface area contributed by atoms with Crippen LogP contribution >= 0.6 is 0 Å². The van der Waals surface area contributed by atoms with Gasteiger partial charge in [0.1, 0.15) is 6.17 Å². The van der Waals surface area contributed by atoms with E-state index in [1.807, 2.05) is 74.1 Å². The van der Waals surface area contributed by atoms with Gasteiger partial charge in [-0.15, -0.1) is 0 Å². The van der Waals surface area contributed by atoms with Crippen molar-refractivity contribution in [2.24, 2.45) is 5.92 Å². The lowest BCUT2D eigenvalue weighted by Crippen LogP contribution is -2.45. The highest BCUT2D eigenvalue weighted by atomic mass is 19.3. The van der Waals surface area contributed by atoms with Crippen molar-refractivity contribution in [2.75, 3.05) is 362 Å². The largest absolute Gasteiger partial charge is 0.392 e. The standard InChI is InChI=1S/C11H24N2O.C11H23NO.2C10H22N2O.C10H21NO.C9H17F2NO.C9H18FNO.2C9H19NO2.C9H17NO2.C8H16N2O2.C8H16O2/c1-11(2)14-10-4-5-13-8-6-12(3)7-9-13;1-10(2)13-9-6-11-4-7-12(3)8-5-11;1-10(2)13-9-8-12-6-4-11(3)5-7-12;1-10(2)13-9-3-6-12-7-4-11-5-8-12;1-10(2)12-9-5-8-11-6-3-4-7-11;1-8(2)13-6-5-12-4-3-9(10,11)7-12;1-8(2)12-6-5-11-4-3-9(10)7-11;1-9(2)12-8-5-10-3-6-11-7-4-10;1-8(2)12-6-5-10-4-3-9(11)7-10;1-8(2)12-7-6-10-5-3-4-9(10)11;1-7(2)12-6-5-10-4-3-9-8(10)11;1-7(2)10-6-8-4-3-5-9-8/h11H,4-10H2,1-3H3;10-11H,4-9H2,1-3H3;10H,4-9H2,1-3H3;10-11H,3-9H2,1-2H3;10H,3-9H2,1-2H3;8H,3-7H2,1-2H3;8-9H,3-7H2,1-2H3;9H,3-8H2,1-2H3;8-9,11H,3-7H2,1-2H3;8H,3-7H2,1-2H3;7H,3-6H2,1-2H3,(H,9,11);7-8H,3-6H2,1-2H3. The number of likely N-dealkylation sites (N-methyl/N-ethyl adjacent to an activating group) is 2. The molecule has 884 valence electrons. The quantitative estimate of drug-likeness (QED) is 0.0479. The summed E-state index contributed by atoms with van der Waals surface area (Å²) in [6.45, 7) is 98.8. The van der Waals surface area contributed by atoms with Crippen molar-refractivity contribution in [1.29, 1.82) is 0 Å². The minimum atomic E-state index is -2.47. The van der Waals surface area contributed by atoms with Gasteiger partial charge in [-0.2, -0.15) is 0 Å². The molecule has 0 aromatic rings. The number of amides is 3. The van der Waals surface area contributed by atoms with Gasteiger partial charge >= 0.3 is 6.03 Å². The second kappa shape index (κ2) is 92.3. The number of carbonyl (C=O) groups is 2. The molecule has 0 radical (unpaired) electrons. The molecule has 12 heterocycles. The molecule has 12 saturated heterocycles. The van der Waals surface area contributed by atoms with Gasteiger partial charge in [0.2, 0.25) is 5.91 Å². The first-order chi connectivity index (χ1) is 70.5. The topological polar surface area (TPSA) is 250 Å². The van der Waals surface area contributed by atoms with Crippen LogP contribution < -0.4 is 10.6 Å². The third kappa shape index (κ3) is 89.4. The summed E-state index contributed by atoms with van der Waals surface area (Å²) in [7, 11) is 6.59. The minimum absolute atomic E-state index is 0.00528. The van der Waals surface area contributed by atoms with Crippen molar-refractivity contribution in [3.8, 4) is 0 Å². The molecule has 0 aliphatic carbocycles. The summed E-state index contributed by atoms with van der Waals surface area (Å²) in [5.74, 6) is -1.28. The number of urea groups is 1. The maximum Gasteiger partial charge on any atom is 0.317 e. The number of halogens is 3. The fourth-order valence-corrected chi connectivity index (χ4v) is 17.2. The molecule has 3 atom stereocenters. The Balaban J connectivity index is 0.000000808. The normalized spacial score (nSPS) is 21.4. The zero-order valence-corrected chi connectivity index (χ0v) is 100. The molecule has 0 aromatic heterocycles. The van der Waals surface area contributed by atoms with Gasteiger partial charge in [-0.1, -0.05) is 0 Å². The summed E-state index contributed by atoms with van der Waals surface area (Å²) in [5.41, 5.74) is 0. The monoisotopic (exact) mass is 2130 g/mol. The van der Waals surface area contributed by atoms with Gasteiger partial charge in [-0.05, 0) is 303 Å². The highest BCUT2D eigenvalue weighted by Crippen LogP contribution is 2.27. The van der Waals surface area contributed by atoms with Crippen molar-refractivity contribution in [3.05, 3.63) is 0 Å². The highest BCUT2D eigenvalue weighted by Gasteiger charge is 2.38. The Morgan fingerprint density at radius 2 is 0.709 bits per heavy atom. The lowest BCUT2D eigenvalue weighted by atomic mass is 9.94. The Labute approximate surface area is 904 Å². The van der Waals surface area contributed by atoms with E-state index >= 15 is 0 Å². The maximum absolute atomic E-state index is 12.7. The number of aliphatic hydroxyl groups is 1. The molecule has 0 spiro atoms. The molecule has 0 saturated carbocycles. The summed E-state index contributed by atoms with van der Waals surface area (Å²) in [6, 6.07) is 0.0300. The second-order valence-electron chi connectivity index (χ2n) is 44.6. The van der Waals surface area contributed by atoms with Gasteiger partial charge in [0.25, 0.3) is 5.92 Å². The van der Waals surface area contributed by atoms with Crippen molar-refractivity contribution < 1.29 is 94.2 Å². The van der Waals surface area contributed by atoms with E-state index in [0.717, 1.165) is 209 Å². The number of hydrogen-bond acceptors (Lipinski definition) is 29. The van der Waals surface area contributed by atoms with Crippen LogP contribution in [0, 0.1) is 5.92 Å². The molecule has 12 aliphatic heterocycles. The maximum atomic E-state index is 12.7. The van der Waals surface area contributed by atoms with Crippen LogP contribution in [0.1, 0.15) is 262 Å². The van der Waals surface area contributed by atoms with E-state index < -0.39 is 12.1 Å². The average molecular weight is 2130 g/mol. The molecule has 35 heteroatoms. The fraction of sp³-hybridized carbons (Fsp3) is 0.982. The first kappa shape index (κ1) is 143. The average Bonchev–Trinajstić information content (AvgIpc) is 1.73. The zero-order valence-electron chi connectivity index (χ0n) is 100. The van der Waals surface area contributed by atoms with Crippen LogP contribution in [0.3, 0.4) is 0 Å². The zero-order chi connectivity index (χ0) is 110. The number of alkyl halides is 3. The third-order valence-electron chi connectivity index (χ3n) is 26.1. The summed E-state index contributed by atoms with van der Waals surface area (Å²) >= 11 is 0. The van der Waals surface area contributed by atoms with Gasteiger partial charge in [0.05, 0.1) is 158 Å². The number of nitrogens with zero attached hydrogens (tertiary/aromatic N) is 13. The number of rotatable bonds is 50. The van der Waals surface area contributed by atoms with E-state index in [1.165, 1.54) is 169 Å². The van der Waals surface area contributed by atoms with Crippen molar-refractivity contribution in [1.82, 2.24) is 74.3 Å². The number of ether oxygens (including phenoxy) is 14. The van der Waals surface area contributed by atoms with Crippen LogP contribution in [0.25, 0.3) is 0 Å². The summed E-state index contributed by atoms with van der Waals surface area (Å²) in [6.07, 6.45) is 19.6. The van der Waals surface area contributed by atoms with E-state index in [2.05, 4.69) is 178 Å². The molecule has 12 aliphatic rings. The second-order valence-corrected chi connectivity index (χ2v) is 44.6. The molecular formula is C113H234F3N15O17. The Kier molecular flexibility index (Phi) is 89.5. The van der Waals surface area contributed by atoms with E-state index in [4.69, 9.17) is 66.3 Å². The van der Waals surface area contributed by atoms with Crippen LogP contribution in [0.2, 0.25) is 0 Å². The number of β-amino-alcohol motifs (C(OH)–C–C–N with tert-alkyl or cyclic N) is 1. The summed E-state index contributed by atoms with van der Waals surface area (Å²) in [4.78, 5) is 51.5. The Bertz CT molecular complexity index is 2800. The molecule has 148 heavy (non-hydrogen) atoms. The number of hydrogen-bond donors (Lipinski definition) is 3. The molecule has 0 bridgehead atoms. The SMILES string of the molecule is CC(C)OCC1CCCO1.CC(C)OCCC1CCN(C)CC1.CC(C)OCCCN1CCCC1.CC(C)OCCCN1CCN(C)CC1.CC(C)OCCCN1CCNCC1.CC(C)OCCN1CCC(F)(F)C1.CC(C)OCCN1CCC(F)C1.CC(C)OCCN1CCC(O)C1.CC(C)OCCN1CCCC1=O.CC(C)OCCN1CCN(C)CC1.CC(C)OCCN1CCNC1=O.CC(C)OCCN1CCOCC1. The van der Waals surface area contributed by atoms with Gasteiger partial charge in [-0.3, -0.25) is 29.3 Å². The number of likely N-dealkylation sites (tertiary alicyclic amines) is 6. The molecule has 32 nitrogen and oxygen atoms in total. The number of nitrogens with one attached hydrogen (secondary N) is 2. The Morgan fingerprint density at radius 3 is 1.08 bits per heavy atom. The predicted octanol–water partition coefficient (Wildman–Crippen LogP) is 13.9. The number of carbonyl (C=O) groups excluding carboxylic acids is 2. The predicted molar refractivity (Wildman–Crippen MR) is 601 cm³/mol. The van der Waals surface area contributed by atoms with Gasteiger partial charge in [-0.25, -0.2) is 18.0 Å².